The summed E-state index contributed by atoms with van der Waals surface area (Å²) in [6.07, 6.45) is -5.69. The molecule has 1 atom stereocenters. The van der Waals surface area contributed by atoms with Crippen molar-refractivity contribution in [1.29, 1.82) is 0 Å². The fourth-order valence-electron chi connectivity index (χ4n) is 2.51. The Morgan fingerprint density at radius 2 is 1.81 bits per heavy atom. The highest BCUT2D eigenvalue weighted by Gasteiger charge is 2.63. The summed E-state index contributed by atoms with van der Waals surface area (Å²) in [4.78, 5) is 17.0. The Morgan fingerprint density at radius 1 is 1.19 bits per heavy atom. The van der Waals surface area contributed by atoms with Crippen LogP contribution in [0.4, 0.5) is 13.2 Å². The fraction of sp³-hybridized carbons (Fsp3) is 0.176. The first-order valence-corrected chi connectivity index (χ1v) is 9.21. The molecule has 2 aromatic rings. The molecule has 0 bridgehead atoms. The van der Waals surface area contributed by atoms with Crippen molar-refractivity contribution in [3.63, 3.8) is 0 Å². The lowest BCUT2D eigenvalue weighted by Crippen LogP contribution is -2.43. The second-order valence-electron chi connectivity index (χ2n) is 5.61. The molecule has 0 saturated heterocycles. The molecule has 0 spiro atoms. The van der Waals surface area contributed by atoms with Crippen molar-refractivity contribution in [1.82, 2.24) is 0 Å². The van der Waals surface area contributed by atoms with Crippen LogP contribution in [0.15, 0.2) is 47.6 Å². The van der Waals surface area contributed by atoms with Crippen LogP contribution in [0.2, 0.25) is 10.0 Å². The van der Waals surface area contributed by atoms with E-state index in [0.29, 0.717) is 3.57 Å². The number of rotatable bonds is 2. The van der Waals surface area contributed by atoms with Crippen LogP contribution in [0.1, 0.15) is 22.3 Å². The van der Waals surface area contributed by atoms with Gasteiger partial charge in [0.25, 0.3) is 5.60 Å². The number of hydrogen-bond acceptors (Lipinski definition) is 4. The number of benzene rings is 2. The zero-order chi connectivity index (χ0) is 19.8. The van der Waals surface area contributed by atoms with E-state index >= 15 is 0 Å². The number of carbonyl (C=O) groups excluding carboxylic acids is 1. The number of ether oxygens (including phenoxy) is 1. The van der Waals surface area contributed by atoms with Gasteiger partial charge in [-0.25, -0.2) is 4.79 Å². The van der Waals surface area contributed by atoms with E-state index in [1.165, 1.54) is 12.1 Å². The molecule has 27 heavy (non-hydrogen) atoms. The maximum Gasteiger partial charge on any atom is 0.435 e. The highest BCUT2D eigenvalue weighted by atomic mass is 127. The molecule has 0 N–H and O–H groups in total. The predicted molar refractivity (Wildman–Crippen MR) is 102 cm³/mol. The van der Waals surface area contributed by atoms with Gasteiger partial charge in [-0.1, -0.05) is 40.5 Å². The van der Waals surface area contributed by atoms with Crippen LogP contribution in [-0.2, 0) is 15.2 Å². The van der Waals surface area contributed by atoms with E-state index in [1.54, 1.807) is 18.2 Å². The second-order valence-corrected chi connectivity index (χ2v) is 7.64. The first kappa shape index (κ1) is 20.2. The van der Waals surface area contributed by atoms with Crippen molar-refractivity contribution in [2.45, 2.75) is 18.2 Å². The minimum Gasteiger partial charge on any atom is -0.404 e. The average Bonchev–Trinajstić information content (AvgIpc) is 2.99. The SMILES string of the molecule is O=C(OC1=NOC(c2cc(Cl)cc(Cl)c2)(C(F)(F)F)C1)c1ccccc1I. The number of nitrogens with zero attached hydrogens (tertiary/aromatic N) is 1. The third kappa shape index (κ3) is 4.02. The normalized spacial score (nSPS) is 19.4. The van der Waals surface area contributed by atoms with E-state index in [-0.39, 0.29) is 21.2 Å². The predicted octanol–water partition coefficient (Wildman–Crippen LogP) is 5.95. The zero-order valence-corrected chi connectivity index (χ0v) is 16.9. The summed E-state index contributed by atoms with van der Waals surface area (Å²) in [6.45, 7) is 0. The maximum atomic E-state index is 13.8. The van der Waals surface area contributed by atoms with Gasteiger partial charge in [-0.05, 0) is 52.9 Å². The monoisotopic (exact) mass is 529 g/mol. The van der Waals surface area contributed by atoms with E-state index in [2.05, 4.69) is 5.16 Å². The molecule has 10 heteroatoms. The fourth-order valence-corrected chi connectivity index (χ4v) is 3.64. The molecule has 4 nitrogen and oxygen atoms in total. The molecule has 1 heterocycles. The standard InChI is InChI=1S/C17H9Cl2F3INO3/c18-10-5-9(6-11(19)7-10)16(17(20,21)22)8-14(24-27-16)26-15(25)12-3-1-2-4-13(12)23/h1-7H,8H2. The van der Waals surface area contributed by atoms with E-state index < -0.39 is 30.1 Å². The number of esters is 1. The lowest BCUT2D eigenvalue weighted by Gasteiger charge is -2.29. The Morgan fingerprint density at radius 3 is 2.41 bits per heavy atom. The smallest absolute Gasteiger partial charge is 0.404 e. The molecule has 0 aromatic heterocycles. The Bertz CT molecular complexity index is 916. The van der Waals surface area contributed by atoms with Crippen molar-refractivity contribution in [2.24, 2.45) is 5.16 Å². The molecule has 0 saturated carbocycles. The minimum absolute atomic E-state index is 0.00834. The summed E-state index contributed by atoms with van der Waals surface area (Å²) >= 11 is 13.6. The van der Waals surface area contributed by atoms with E-state index in [1.807, 2.05) is 22.6 Å². The van der Waals surface area contributed by atoms with Gasteiger partial charge in [-0.3, -0.25) is 0 Å². The highest BCUT2D eigenvalue weighted by Crippen LogP contribution is 2.49. The van der Waals surface area contributed by atoms with E-state index in [9.17, 15) is 18.0 Å². The molecule has 142 valence electrons. The number of alkyl halides is 3. The summed E-state index contributed by atoms with van der Waals surface area (Å²) in [5.74, 6) is -1.32. The molecule has 1 aliphatic rings. The van der Waals surface area contributed by atoms with Gasteiger partial charge in [-0.2, -0.15) is 13.2 Å². The van der Waals surface area contributed by atoms with Gasteiger partial charge >= 0.3 is 12.1 Å². The number of carbonyl (C=O) groups is 1. The quantitative estimate of drug-likeness (QED) is 0.357. The van der Waals surface area contributed by atoms with Crippen LogP contribution < -0.4 is 0 Å². The van der Waals surface area contributed by atoms with Crippen LogP contribution in [0, 0.1) is 3.57 Å². The van der Waals surface area contributed by atoms with E-state index in [0.717, 1.165) is 12.1 Å². The largest absolute Gasteiger partial charge is 0.435 e. The number of hydrogen-bond donors (Lipinski definition) is 0. The first-order valence-electron chi connectivity index (χ1n) is 7.37. The summed E-state index contributed by atoms with van der Waals surface area (Å²) in [5, 5.41) is 3.37. The highest BCUT2D eigenvalue weighted by molar-refractivity contribution is 14.1. The number of oxime groups is 1. The van der Waals surface area contributed by atoms with Gasteiger partial charge in [0.15, 0.2) is 0 Å². The van der Waals surface area contributed by atoms with Crippen molar-refractivity contribution in [2.75, 3.05) is 0 Å². The van der Waals surface area contributed by atoms with Gasteiger partial charge in [0.05, 0.1) is 12.0 Å². The molecule has 1 aliphatic heterocycles. The van der Waals surface area contributed by atoms with Gasteiger partial charge in [-0.15, -0.1) is 0 Å². The van der Waals surface area contributed by atoms with Gasteiger partial charge in [0.2, 0.25) is 5.90 Å². The third-order valence-corrected chi connectivity index (χ3v) is 5.17. The molecule has 0 amide bonds. The molecular formula is C17H9Cl2F3INO3. The lowest BCUT2D eigenvalue weighted by atomic mass is 9.90. The van der Waals surface area contributed by atoms with Crippen molar-refractivity contribution in [3.8, 4) is 0 Å². The van der Waals surface area contributed by atoms with Crippen molar-refractivity contribution in [3.05, 3.63) is 67.2 Å². The van der Waals surface area contributed by atoms with Gasteiger partial charge in [0, 0.05) is 19.2 Å². The second kappa shape index (κ2) is 7.48. The average molecular weight is 530 g/mol. The van der Waals surface area contributed by atoms with Crippen LogP contribution in [0.25, 0.3) is 0 Å². The molecular weight excluding hydrogens is 521 g/mol. The van der Waals surface area contributed by atoms with Gasteiger partial charge < -0.3 is 9.57 Å². The Hall–Kier alpha value is -1.52. The Labute approximate surface area is 175 Å². The molecule has 0 fully saturated rings. The number of halogens is 6. The van der Waals surface area contributed by atoms with Crippen molar-refractivity contribution >= 4 is 57.7 Å². The maximum absolute atomic E-state index is 13.8. The molecule has 2 aromatic carbocycles. The Kier molecular flexibility index (Phi) is 5.60. The molecule has 0 radical (unpaired) electrons. The molecule has 0 aliphatic carbocycles. The van der Waals surface area contributed by atoms with Crippen molar-refractivity contribution < 1.29 is 27.5 Å². The molecule has 1 unspecified atom stereocenters. The van der Waals surface area contributed by atoms with Gasteiger partial charge in [0.1, 0.15) is 0 Å². The summed E-state index contributed by atoms with van der Waals surface area (Å²) < 4.78 is 47.1. The summed E-state index contributed by atoms with van der Waals surface area (Å²) in [5.41, 5.74) is -2.98. The topological polar surface area (TPSA) is 47.9 Å². The summed E-state index contributed by atoms with van der Waals surface area (Å²) in [7, 11) is 0. The van der Waals surface area contributed by atoms with Crippen LogP contribution in [0.5, 0.6) is 0 Å². The van der Waals surface area contributed by atoms with E-state index in [4.69, 9.17) is 32.8 Å². The molecule has 3 rings (SSSR count). The Balaban J connectivity index is 1.89. The first-order chi connectivity index (χ1) is 12.6. The third-order valence-electron chi connectivity index (χ3n) is 3.79. The van der Waals surface area contributed by atoms with Crippen LogP contribution in [0.3, 0.4) is 0 Å². The minimum atomic E-state index is -4.86. The van der Waals surface area contributed by atoms with Crippen LogP contribution >= 0.6 is 45.8 Å². The zero-order valence-electron chi connectivity index (χ0n) is 13.2. The van der Waals surface area contributed by atoms with Crippen LogP contribution in [-0.4, -0.2) is 18.0 Å². The summed E-state index contributed by atoms with van der Waals surface area (Å²) in [6, 6.07) is 9.95. The lowest BCUT2D eigenvalue weighted by molar-refractivity contribution is -0.275.